The number of hydrogen-bond acceptors (Lipinski definition) is 10. The first kappa shape index (κ1) is 41.1. The van der Waals surface area contributed by atoms with Crippen molar-refractivity contribution in [1.82, 2.24) is 59.7 Å². The van der Waals surface area contributed by atoms with Gasteiger partial charge < -0.3 is 10.2 Å². The lowest BCUT2D eigenvalue weighted by Gasteiger charge is -2.14. The van der Waals surface area contributed by atoms with Crippen molar-refractivity contribution in [1.29, 1.82) is 0 Å². The number of nitrogens with one attached hydrogen (secondary N) is 1. The van der Waals surface area contributed by atoms with Crippen molar-refractivity contribution in [3.8, 4) is 22.8 Å². The van der Waals surface area contributed by atoms with E-state index in [9.17, 15) is 35.9 Å². The maximum absolute atomic E-state index is 13.0. The van der Waals surface area contributed by atoms with Crippen LogP contribution in [0.15, 0.2) is 98.6 Å². The highest BCUT2D eigenvalue weighted by atomic mass is 19.4. The smallest absolute Gasteiger partial charge is 0.348 e. The highest BCUT2D eigenvalue weighted by molar-refractivity contribution is 5.90. The number of carbonyl (C=O) groups excluding carboxylic acids is 2. The molecule has 14 nitrogen and oxygen atoms in total. The molecule has 294 valence electrons. The van der Waals surface area contributed by atoms with E-state index in [4.69, 9.17) is 0 Å². The van der Waals surface area contributed by atoms with Crippen LogP contribution in [0.1, 0.15) is 33.4 Å². The lowest BCUT2D eigenvalue weighted by Crippen LogP contribution is -2.24. The summed E-state index contributed by atoms with van der Waals surface area (Å²) in [5.74, 6) is -0.414. The van der Waals surface area contributed by atoms with Crippen LogP contribution in [0.5, 0.6) is 0 Å². The third-order valence-corrected chi connectivity index (χ3v) is 7.58. The molecule has 4 heterocycles. The van der Waals surface area contributed by atoms with E-state index in [0.717, 1.165) is 35.4 Å². The first-order chi connectivity index (χ1) is 27.0. The fourth-order valence-corrected chi connectivity index (χ4v) is 4.95. The molecule has 4 aromatic heterocycles. The molecule has 1 N–H and O–H groups in total. The Morgan fingerprint density at radius 3 is 1.61 bits per heavy atom. The Morgan fingerprint density at radius 1 is 0.684 bits per heavy atom. The molecule has 20 heteroatoms. The molecule has 0 spiro atoms. The highest BCUT2D eigenvalue weighted by Gasteiger charge is 2.32. The Labute approximate surface area is 320 Å². The molecular weight excluding hydrogens is 758 g/mol. The van der Waals surface area contributed by atoms with Crippen molar-refractivity contribution < 1.29 is 35.9 Å². The largest absolute Gasteiger partial charge is 0.416 e. The number of hydrogen-bond donors (Lipinski definition) is 1. The third-order valence-electron chi connectivity index (χ3n) is 7.58. The number of aryl methyl sites for hydroxylation is 2. The summed E-state index contributed by atoms with van der Waals surface area (Å²) in [4.78, 5) is 49.0. The second-order valence-electron chi connectivity index (χ2n) is 12.3. The molecule has 0 atom stereocenters. The summed E-state index contributed by atoms with van der Waals surface area (Å²) in [6, 6.07) is 7.24. The summed E-state index contributed by atoms with van der Waals surface area (Å²) in [5, 5.41) is 10.9. The monoisotopic (exact) mass is 790 g/mol. The Hall–Kier alpha value is -7.12. The maximum Gasteiger partial charge on any atom is 0.416 e. The minimum Gasteiger partial charge on any atom is -0.348 e. The number of likely N-dealkylation sites (N-methyl/N-ethyl adjacent to an activating group) is 1. The second-order valence-corrected chi connectivity index (χ2v) is 12.3. The zero-order chi connectivity index (χ0) is 41.2. The summed E-state index contributed by atoms with van der Waals surface area (Å²) < 4.78 is 80.4. The normalized spacial score (nSPS) is 11.7. The van der Waals surface area contributed by atoms with E-state index in [1.807, 2.05) is 0 Å². The highest BCUT2D eigenvalue weighted by Crippen LogP contribution is 2.33. The van der Waals surface area contributed by atoms with Gasteiger partial charge in [0.1, 0.15) is 25.3 Å². The van der Waals surface area contributed by atoms with Crippen molar-refractivity contribution in [3.05, 3.63) is 132 Å². The van der Waals surface area contributed by atoms with Crippen LogP contribution in [0.3, 0.4) is 0 Å². The molecule has 0 saturated carbocycles. The summed E-state index contributed by atoms with van der Waals surface area (Å²) >= 11 is 0. The molecule has 0 saturated heterocycles. The summed E-state index contributed by atoms with van der Waals surface area (Å²) in [6.07, 6.45) is 8.16. The van der Waals surface area contributed by atoms with Crippen molar-refractivity contribution in [2.24, 2.45) is 0 Å². The topological polar surface area (TPSA) is 162 Å². The fourth-order valence-electron chi connectivity index (χ4n) is 4.95. The van der Waals surface area contributed by atoms with Crippen LogP contribution in [0.4, 0.5) is 26.3 Å². The van der Waals surface area contributed by atoms with Gasteiger partial charge in [0.25, 0.3) is 0 Å². The number of halogens is 6. The van der Waals surface area contributed by atoms with Crippen LogP contribution in [0.2, 0.25) is 0 Å². The number of nitrogens with zero attached hydrogens (tertiary/aromatic N) is 11. The number of benzene rings is 2. The average molecular weight is 791 g/mol. The number of aromatic nitrogens is 10. The van der Waals surface area contributed by atoms with Gasteiger partial charge >= 0.3 is 12.4 Å². The molecule has 0 bridgehead atoms. The first-order valence-electron chi connectivity index (χ1n) is 16.6. The first-order valence-corrected chi connectivity index (χ1v) is 16.6. The molecule has 0 fully saturated rings. The van der Waals surface area contributed by atoms with Crippen molar-refractivity contribution >= 4 is 24.2 Å². The van der Waals surface area contributed by atoms with Gasteiger partial charge in [-0.1, -0.05) is 0 Å². The van der Waals surface area contributed by atoms with E-state index in [1.54, 1.807) is 57.8 Å². The van der Waals surface area contributed by atoms with Gasteiger partial charge in [-0.2, -0.15) is 26.3 Å². The standard InChI is InChI=1S/C19H17F3N6O.C18H15F3N6O/c1-13-5-15(7-16(6-13)19(20,21)22)18-25-12-28(26-18)4-3-17(29)27(2)10-14-8-23-11-24-9-14;1-12-4-14(6-15(5-12)18(19,20)21)17-25-11-27(26-17)3-2-16(28)24-9-13-7-22-10-23-8-13/h3-9,11-12H,10H2,1-2H3;2-8,10-11H,9H2,1H3,(H,24,28)/b4-3-;3-2-. The van der Waals surface area contributed by atoms with Gasteiger partial charge in [-0.05, 0) is 61.4 Å². The van der Waals surface area contributed by atoms with Crippen LogP contribution >= 0.6 is 0 Å². The molecular formula is C37H32F6N12O2. The number of alkyl halides is 6. The van der Waals surface area contributed by atoms with Gasteiger partial charge in [-0.3, -0.25) is 9.59 Å². The van der Waals surface area contributed by atoms with E-state index < -0.39 is 23.5 Å². The molecule has 0 unspecified atom stereocenters. The molecule has 0 aliphatic rings. The number of carbonyl (C=O) groups is 2. The van der Waals surface area contributed by atoms with Crippen LogP contribution in [-0.2, 0) is 35.0 Å². The van der Waals surface area contributed by atoms with Gasteiger partial charge in [0.2, 0.25) is 11.8 Å². The predicted molar refractivity (Wildman–Crippen MR) is 193 cm³/mol. The molecule has 0 aliphatic carbocycles. The zero-order valence-electron chi connectivity index (χ0n) is 30.3. The molecule has 2 amide bonds. The summed E-state index contributed by atoms with van der Waals surface area (Å²) in [7, 11) is 1.62. The van der Waals surface area contributed by atoms with E-state index in [0.29, 0.717) is 17.7 Å². The Balaban J connectivity index is 0.000000218. The third kappa shape index (κ3) is 12.2. The Bertz CT molecular complexity index is 2360. The minimum atomic E-state index is -4.45. The van der Waals surface area contributed by atoms with Gasteiger partial charge in [-0.25, -0.2) is 39.3 Å². The Morgan fingerprint density at radius 2 is 1.14 bits per heavy atom. The predicted octanol–water partition coefficient (Wildman–Crippen LogP) is 6.04. The van der Waals surface area contributed by atoms with Crippen LogP contribution in [0.25, 0.3) is 35.2 Å². The van der Waals surface area contributed by atoms with Crippen molar-refractivity contribution in [2.45, 2.75) is 39.3 Å². The fraction of sp³-hybridized carbons (Fsp3) is 0.189. The number of rotatable bonds is 10. The van der Waals surface area contributed by atoms with E-state index in [-0.39, 0.29) is 41.1 Å². The van der Waals surface area contributed by atoms with E-state index >= 15 is 0 Å². The lowest BCUT2D eigenvalue weighted by molar-refractivity contribution is -0.138. The van der Waals surface area contributed by atoms with E-state index in [1.165, 1.54) is 64.1 Å². The van der Waals surface area contributed by atoms with E-state index in [2.05, 4.69) is 45.4 Å². The van der Waals surface area contributed by atoms with Crippen LogP contribution in [-0.4, -0.2) is 73.2 Å². The average Bonchev–Trinajstić information content (AvgIpc) is 3.86. The quantitative estimate of drug-likeness (QED) is 0.128. The van der Waals surface area contributed by atoms with Crippen LogP contribution < -0.4 is 5.32 Å². The van der Waals surface area contributed by atoms with Crippen molar-refractivity contribution in [3.63, 3.8) is 0 Å². The lowest BCUT2D eigenvalue weighted by atomic mass is 10.1. The van der Waals surface area contributed by atoms with Crippen molar-refractivity contribution in [2.75, 3.05) is 7.05 Å². The SMILES string of the molecule is Cc1cc(-c2ncn(/C=C\C(=O)N(C)Cc3cncnc3)n2)cc(C(F)(F)F)c1.Cc1cc(-c2ncn(/C=C\C(=O)NCc3cncnc3)n2)cc(C(F)(F)F)c1. The molecule has 2 aromatic carbocycles. The second kappa shape index (κ2) is 18.0. The zero-order valence-corrected chi connectivity index (χ0v) is 30.3. The van der Waals surface area contributed by atoms with Gasteiger partial charge in [0.05, 0.1) is 11.1 Å². The van der Waals surface area contributed by atoms with Crippen LogP contribution in [0, 0.1) is 13.8 Å². The Kier molecular flexibility index (Phi) is 13.0. The summed E-state index contributed by atoms with van der Waals surface area (Å²) in [5.41, 5.74) is 1.38. The minimum absolute atomic E-state index is 0.126. The number of amides is 2. The molecule has 0 radical (unpaired) electrons. The van der Waals surface area contributed by atoms with Gasteiger partial charge in [-0.15, -0.1) is 10.2 Å². The van der Waals surface area contributed by atoms with Gasteiger partial charge in [0, 0.05) is 91.7 Å². The molecule has 6 aromatic rings. The molecule has 6 rings (SSSR count). The summed E-state index contributed by atoms with van der Waals surface area (Å²) in [6.45, 7) is 3.73. The maximum atomic E-state index is 13.0. The molecule has 0 aliphatic heterocycles. The molecule has 57 heavy (non-hydrogen) atoms. The van der Waals surface area contributed by atoms with Gasteiger partial charge in [0.15, 0.2) is 11.6 Å².